The third-order valence-electron chi connectivity index (χ3n) is 4.75. The maximum Gasteiger partial charge on any atom is 0.151 e. The first-order valence-corrected chi connectivity index (χ1v) is 10.7. The Morgan fingerprint density at radius 3 is 2.22 bits per heavy atom. The summed E-state index contributed by atoms with van der Waals surface area (Å²) in [5.74, 6) is 0.626. The van der Waals surface area contributed by atoms with Crippen LogP contribution >= 0.6 is 23.1 Å². The number of thioether (sulfide) groups is 1. The molecule has 27 heavy (non-hydrogen) atoms. The number of nitrogens with zero attached hydrogens (tertiary/aromatic N) is 2. The smallest absolute Gasteiger partial charge is 0.151 e. The molecule has 0 saturated carbocycles. The van der Waals surface area contributed by atoms with Gasteiger partial charge in [0.25, 0.3) is 0 Å². The van der Waals surface area contributed by atoms with E-state index in [1.807, 2.05) is 18.2 Å². The van der Waals surface area contributed by atoms with E-state index in [4.69, 9.17) is 0 Å². The lowest BCUT2D eigenvalue weighted by Crippen LogP contribution is -2.18. The van der Waals surface area contributed by atoms with E-state index in [1.165, 1.54) is 26.5 Å². The van der Waals surface area contributed by atoms with Crippen LogP contribution in [0.5, 0.6) is 0 Å². The number of hydrogen-bond acceptors (Lipinski definition) is 4. The molecule has 0 aliphatic heterocycles. The topological polar surface area (TPSA) is 38.1 Å². The van der Waals surface area contributed by atoms with Gasteiger partial charge in [0.15, 0.2) is 4.34 Å². The predicted octanol–water partition coefficient (Wildman–Crippen LogP) is 5.56. The number of benzene rings is 3. The number of rotatable bonds is 5. The third kappa shape index (κ3) is 3.12. The van der Waals surface area contributed by atoms with Crippen molar-refractivity contribution in [3.63, 3.8) is 0 Å². The fourth-order valence-corrected chi connectivity index (χ4v) is 5.55. The van der Waals surface area contributed by atoms with Crippen molar-refractivity contribution in [2.24, 2.45) is 0 Å². The zero-order chi connectivity index (χ0) is 18.2. The SMILES string of the molecule is O[C@@H](CSc1nc2ccccc2s1)Cn1c2ccccc2c2ccccc21. The third-order valence-corrected chi connectivity index (χ3v) is 7.07. The van der Waals surface area contributed by atoms with Crippen LogP contribution in [0.4, 0.5) is 0 Å². The van der Waals surface area contributed by atoms with Crippen LogP contribution in [0, 0.1) is 0 Å². The van der Waals surface area contributed by atoms with Gasteiger partial charge in [-0.1, -0.05) is 60.3 Å². The molecule has 0 saturated heterocycles. The highest BCUT2D eigenvalue weighted by Crippen LogP contribution is 2.31. The van der Waals surface area contributed by atoms with Crippen LogP contribution in [0.25, 0.3) is 32.0 Å². The second-order valence-corrected chi connectivity index (χ2v) is 8.86. The quantitative estimate of drug-likeness (QED) is 0.399. The summed E-state index contributed by atoms with van der Waals surface area (Å²) in [6, 6.07) is 25.0. The number of fused-ring (bicyclic) bond motifs is 4. The summed E-state index contributed by atoms with van der Waals surface area (Å²) in [5, 5.41) is 13.2. The summed E-state index contributed by atoms with van der Waals surface area (Å²) in [4.78, 5) is 4.65. The summed E-state index contributed by atoms with van der Waals surface area (Å²) in [6.45, 7) is 0.575. The highest BCUT2D eigenvalue weighted by molar-refractivity contribution is 8.01. The van der Waals surface area contributed by atoms with Gasteiger partial charge in [-0.25, -0.2) is 4.98 Å². The van der Waals surface area contributed by atoms with Crippen LogP contribution < -0.4 is 0 Å². The molecule has 0 aliphatic carbocycles. The van der Waals surface area contributed by atoms with Crippen molar-refractivity contribution in [3.05, 3.63) is 72.8 Å². The van der Waals surface area contributed by atoms with Gasteiger partial charge < -0.3 is 9.67 Å². The molecule has 0 amide bonds. The monoisotopic (exact) mass is 390 g/mol. The normalized spacial score (nSPS) is 12.9. The van der Waals surface area contributed by atoms with Crippen molar-refractivity contribution in [3.8, 4) is 0 Å². The molecule has 1 atom stereocenters. The van der Waals surface area contributed by atoms with Crippen molar-refractivity contribution in [2.75, 3.05) is 5.75 Å². The van der Waals surface area contributed by atoms with Gasteiger partial charge in [0.05, 0.1) is 22.9 Å². The highest BCUT2D eigenvalue weighted by atomic mass is 32.2. The molecule has 0 radical (unpaired) electrons. The number of hydrogen-bond donors (Lipinski definition) is 1. The van der Waals surface area contributed by atoms with Crippen molar-refractivity contribution in [1.82, 2.24) is 9.55 Å². The number of aliphatic hydroxyl groups excluding tert-OH is 1. The molecule has 5 heteroatoms. The molecule has 2 heterocycles. The Hall–Kier alpha value is -2.34. The van der Waals surface area contributed by atoms with Gasteiger partial charge in [-0.2, -0.15) is 0 Å². The molecule has 0 fully saturated rings. The molecule has 0 spiro atoms. The minimum absolute atomic E-state index is 0.443. The first-order valence-electron chi connectivity index (χ1n) is 8.92. The van der Waals surface area contributed by atoms with E-state index in [9.17, 15) is 5.11 Å². The van der Waals surface area contributed by atoms with Crippen LogP contribution in [0.1, 0.15) is 0 Å². The van der Waals surface area contributed by atoms with Gasteiger partial charge >= 0.3 is 0 Å². The Balaban J connectivity index is 1.39. The first kappa shape index (κ1) is 16.8. The number of para-hydroxylation sites is 3. The van der Waals surface area contributed by atoms with Gasteiger partial charge in [-0.15, -0.1) is 11.3 Å². The standard InChI is InChI=1S/C22H18N2OS2/c25-15(14-26-22-23-18-9-3-6-12-21(18)27-22)13-24-19-10-4-1-7-16(19)17-8-2-5-11-20(17)24/h1-12,15,25H,13-14H2/t15-/m1/s1. The predicted molar refractivity (Wildman–Crippen MR) is 116 cm³/mol. The van der Waals surface area contributed by atoms with E-state index in [1.54, 1.807) is 23.1 Å². The molecular weight excluding hydrogens is 372 g/mol. The number of thiazole rings is 1. The summed E-state index contributed by atoms with van der Waals surface area (Å²) in [5.41, 5.74) is 3.37. The molecule has 134 valence electrons. The van der Waals surface area contributed by atoms with E-state index in [2.05, 4.69) is 64.1 Å². The molecule has 5 aromatic rings. The van der Waals surface area contributed by atoms with Gasteiger partial charge in [-0.05, 0) is 24.3 Å². The van der Waals surface area contributed by atoms with E-state index in [-0.39, 0.29) is 0 Å². The fraction of sp³-hybridized carbons (Fsp3) is 0.136. The van der Waals surface area contributed by atoms with Crippen molar-refractivity contribution in [2.45, 2.75) is 17.0 Å². The zero-order valence-electron chi connectivity index (χ0n) is 14.6. The van der Waals surface area contributed by atoms with Crippen molar-refractivity contribution in [1.29, 1.82) is 0 Å². The van der Waals surface area contributed by atoms with E-state index in [0.717, 1.165) is 9.86 Å². The summed E-state index contributed by atoms with van der Waals surface area (Å²) in [7, 11) is 0. The van der Waals surface area contributed by atoms with Crippen molar-refractivity contribution >= 4 is 55.1 Å². The minimum atomic E-state index is -0.443. The Kier molecular flexibility index (Phi) is 4.36. The Morgan fingerprint density at radius 2 is 1.52 bits per heavy atom. The minimum Gasteiger partial charge on any atom is -0.390 e. The summed E-state index contributed by atoms with van der Waals surface area (Å²) < 4.78 is 4.43. The van der Waals surface area contributed by atoms with Gasteiger partial charge in [0.2, 0.25) is 0 Å². The molecule has 3 nitrogen and oxygen atoms in total. The lowest BCUT2D eigenvalue weighted by molar-refractivity contribution is 0.181. The Bertz CT molecular complexity index is 1150. The van der Waals surface area contributed by atoms with Crippen molar-refractivity contribution < 1.29 is 5.11 Å². The van der Waals surface area contributed by atoms with Crippen LogP contribution in [-0.4, -0.2) is 26.5 Å². The molecular formula is C22H18N2OS2. The Morgan fingerprint density at radius 1 is 0.889 bits per heavy atom. The number of aromatic nitrogens is 2. The largest absolute Gasteiger partial charge is 0.390 e. The maximum atomic E-state index is 10.7. The van der Waals surface area contributed by atoms with Gasteiger partial charge in [0.1, 0.15) is 0 Å². The summed E-state index contributed by atoms with van der Waals surface area (Å²) in [6.07, 6.45) is -0.443. The molecule has 2 aromatic heterocycles. The lowest BCUT2D eigenvalue weighted by atomic mass is 10.2. The van der Waals surface area contributed by atoms with Gasteiger partial charge in [-0.3, -0.25) is 0 Å². The maximum absolute atomic E-state index is 10.7. The van der Waals surface area contributed by atoms with E-state index < -0.39 is 6.10 Å². The van der Waals surface area contributed by atoms with Crippen LogP contribution in [0.3, 0.4) is 0 Å². The lowest BCUT2D eigenvalue weighted by Gasteiger charge is -2.13. The number of aliphatic hydroxyl groups is 1. The molecule has 0 bridgehead atoms. The molecule has 5 rings (SSSR count). The second kappa shape index (κ2) is 7.00. The fourth-order valence-electron chi connectivity index (χ4n) is 3.54. The van der Waals surface area contributed by atoms with E-state index in [0.29, 0.717) is 12.3 Å². The Labute approximate surface area is 165 Å². The molecule has 3 aromatic carbocycles. The molecule has 0 unspecified atom stereocenters. The zero-order valence-corrected chi connectivity index (χ0v) is 16.2. The average molecular weight is 391 g/mol. The average Bonchev–Trinajstić information content (AvgIpc) is 3.26. The van der Waals surface area contributed by atoms with Crippen LogP contribution in [0.15, 0.2) is 77.1 Å². The second-order valence-electron chi connectivity index (χ2n) is 6.56. The summed E-state index contributed by atoms with van der Waals surface area (Å²) >= 11 is 3.32. The van der Waals surface area contributed by atoms with E-state index >= 15 is 0 Å². The van der Waals surface area contributed by atoms with Crippen LogP contribution in [-0.2, 0) is 6.54 Å². The molecule has 1 N–H and O–H groups in total. The first-order chi connectivity index (χ1) is 13.3. The van der Waals surface area contributed by atoms with Crippen LogP contribution in [0.2, 0.25) is 0 Å². The van der Waals surface area contributed by atoms with Gasteiger partial charge in [0, 0.05) is 27.6 Å². The highest BCUT2D eigenvalue weighted by Gasteiger charge is 2.14. The molecule has 0 aliphatic rings.